The van der Waals surface area contributed by atoms with Gasteiger partial charge in [0, 0.05) is 30.6 Å². The van der Waals surface area contributed by atoms with Crippen molar-refractivity contribution in [3.8, 4) is 0 Å². The monoisotopic (exact) mass is 438 g/mol. The lowest BCUT2D eigenvalue weighted by Crippen LogP contribution is -2.44. The zero-order valence-corrected chi connectivity index (χ0v) is 18.4. The molecule has 2 amide bonds. The topological polar surface area (TPSA) is 83.6 Å². The molecule has 1 aromatic heterocycles. The highest BCUT2D eigenvalue weighted by molar-refractivity contribution is 7.13. The normalized spacial score (nSPS) is 19.3. The summed E-state index contributed by atoms with van der Waals surface area (Å²) in [4.78, 5) is 31.5. The second-order valence-corrected chi connectivity index (χ2v) is 8.75. The number of amides is 2. The fourth-order valence-corrected chi connectivity index (χ4v) is 4.55. The van der Waals surface area contributed by atoms with Gasteiger partial charge in [-0.15, -0.1) is 11.3 Å². The molecule has 0 bridgehead atoms. The standard InChI is InChI=1S/C23H26N4O3S/c1-15-11-27(12-16(2)30-15)13-20-14-31-23(25-20)26-21(28)10-24-22(29)19-8-7-17-5-3-4-6-18(17)9-19/h3-9,14-16H,10-13H2,1-2H3,(H,24,29)(H,25,26,28)/t15-,16+. The summed E-state index contributed by atoms with van der Waals surface area (Å²) in [6, 6.07) is 13.3. The number of rotatable bonds is 6. The van der Waals surface area contributed by atoms with E-state index in [1.807, 2.05) is 41.8 Å². The van der Waals surface area contributed by atoms with Gasteiger partial charge >= 0.3 is 0 Å². The van der Waals surface area contributed by atoms with Gasteiger partial charge < -0.3 is 15.4 Å². The predicted octanol–water partition coefficient (Wildman–Crippen LogP) is 3.27. The summed E-state index contributed by atoms with van der Waals surface area (Å²) in [5, 5.41) is 9.97. The molecule has 0 aliphatic carbocycles. The molecule has 2 N–H and O–H groups in total. The second kappa shape index (κ2) is 9.55. The Morgan fingerprint density at radius 2 is 1.87 bits per heavy atom. The van der Waals surface area contributed by atoms with E-state index in [4.69, 9.17) is 4.74 Å². The summed E-state index contributed by atoms with van der Waals surface area (Å²) >= 11 is 1.39. The van der Waals surface area contributed by atoms with E-state index in [0.29, 0.717) is 10.7 Å². The summed E-state index contributed by atoms with van der Waals surface area (Å²) in [5.41, 5.74) is 1.44. The SMILES string of the molecule is C[C@@H]1CN(Cc2csc(NC(=O)CNC(=O)c3ccc4ccccc4c3)n2)C[C@H](C)O1. The molecule has 3 aromatic rings. The van der Waals surface area contributed by atoms with E-state index in [0.717, 1.165) is 36.1 Å². The maximum atomic E-state index is 12.4. The smallest absolute Gasteiger partial charge is 0.251 e. The van der Waals surface area contributed by atoms with E-state index < -0.39 is 0 Å². The average Bonchev–Trinajstić information content (AvgIpc) is 3.17. The summed E-state index contributed by atoms with van der Waals surface area (Å²) in [6.45, 7) is 6.49. The van der Waals surface area contributed by atoms with Crippen LogP contribution in [0.4, 0.5) is 5.13 Å². The maximum Gasteiger partial charge on any atom is 0.251 e. The number of thiazole rings is 1. The molecule has 1 saturated heterocycles. The lowest BCUT2D eigenvalue weighted by Gasteiger charge is -2.34. The Labute approximate surface area is 185 Å². The van der Waals surface area contributed by atoms with Crippen LogP contribution < -0.4 is 10.6 Å². The zero-order chi connectivity index (χ0) is 21.8. The number of aromatic nitrogens is 1. The third-order valence-corrected chi connectivity index (χ3v) is 5.91. The molecule has 0 spiro atoms. The van der Waals surface area contributed by atoms with Crippen molar-refractivity contribution >= 4 is 39.1 Å². The molecule has 8 heteroatoms. The highest BCUT2D eigenvalue weighted by Crippen LogP contribution is 2.19. The molecule has 0 unspecified atom stereocenters. The summed E-state index contributed by atoms with van der Waals surface area (Å²) in [6.07, 6.45) is 0.403. The van der Waals surface area contributed by atoms with Crippen LogP contribution >= 0.6 is 11.3 Å². The zero-order valence-electron chi connectivity index (χ0n) is 17.6. The molecule has 31 heavy (non-hydrogen) atoms. The first-order chi connectivity index (χ1) is 15.0. The van der Waals surface area contributed by atoms with Crippen molar-refractivity contribution < 1.29 is 14.3 Å². The minimum absolute atomic E-state index is 0.112. The van der Waals surface area contributed by atoms with Gasteiger partial charge in [-0.2, -0.15) is 0 Å². The number of morpholine rings is 1. The van der Waals surface area contributed by atoms with E-state index in [1.165, 1.54) is 11.3 Å². The van der Waals surface area contributed by atoms with Crippen LogP contribution in [-0.2, 0) is 16.1 Å². The number of benzene rings is 2. The van der Waals surface area contributed by atoms with Gasteiger partial charge in [-0.25, -0.2) is 4.98 Å². The number of hydrogen-bond donors (Lipinski definition) is 2. The van der Waals surface area contributed by atoms with Crippen molar-refractivity contribution in [2.75, 3.05) is 25.0 Å². The van der Waals surface area contributed by atoms with Crippen molar-refractivity contribution in [3.63, 3.8) is 0 Å². The molecular formula is C23H26N4O3S. The fourth-order valence-electron chi connectivity index (χ4n) is 3.84. The van der Waals surface area contributed by atoms with Crippen LogP contribution in [0.25, 0.3) is 10.8 Å². The first-order valence-corrected chi connectivity index (χ1v) is 11.2. The summed E-state index contributed by atoms with van der Waals surface area (Å²) in [5.74, 6) is -0.583. The number of fused-ring (bicyclic) bond motifs is 1. The average molecular weight is 439 g/mol. The molecule has 2 heterocycles. The van der Waals surface area contributed by atoms with Gasteiger partial charge in [0.25, 0.3) is 5.91 Å². The largest absolute Gasteiger partial charge is 0.373 e. The lowest BCUT2D eigenvalue weighted by molar-refractivity contribution is -0.115. The molecule has 162 valence electrons. The van der Waals surface area contributed by atoms with Gasteiger partial charge in [-0.05, 0) is 36.8 Å². The van der Waals surface area contributed by atoms with E-state index >= 15 is 0 Å². The van der Waals surface area contributed by atoms with Crippen LogP contribution in [0.3, 0.4) is 0 Å². The van der Waals surface area contributed by atoms with Crippen LogP contribution in [0.1, 0.15) is 29.9 Å². The van der Waals surface area contributed by atoms with Gasteiger partial charge in [-0.3, -0.25) is 14.5 Å². The van der Waals surface area contributed by atoms with Crippen LogP contribution in [0.5, 0.6) is 0 Å². The lowest BCUT2D eigenvalue weighted by atomic mass is 10.1. The van der Waals surface area contributed by atoms with Crippen molar-refractivity contribution in [1.82, 2.24) is 15.2 Å². The van der Waals surface area contributed by atoms with Crippen molar-refractivity contribution in [3.05, 3.63) is 59.1 Å². The van der Waals surface area contributed by atoms with Crippen molar-refractivity contribution in [2.24, 2.45) is 0 Å². The third-order valence-electron chi connectivity index (χ3n) is 5.10. The molecule has 4 rings (SSSR count). The number of anilines is 1. The Hall–Kier alpha value is -2.81. The van der Waals surface area contributed by atoms with E-state index in [9.17, 15) is 9.59 Å². The number of carbonyl (C=O) groups excluding carboxylic acids is 2. The predicted molar refractivity (Wildman–Crippen MR) is 122 cm³/mol. The number of nitrogens with zero attached hydrogens (tertiary/aromatic N) is 2. The van der Waals surface area contributed by atoms with Gasteiger partial charge in [0.1, 0.15) is 0 Å². The number of carbonyl (C=O) groups is 2. The fraction of sp³-hybridized carbons (Fsp3) is 0.348. The Kier molecular flexibility index (Phi) is 6.60. The van der Waals surface area contributed by atoms with E-state index in [1.54, 1.807) is 6.07 Å². The van der Waals surface area contributed by atoms with Gasteiger partial charge in [-0.1, -0.05) is 30.3 Å². The molecule has 1 fully saturated rings. The van der Waals surface area contributed by atoms with E-state index in [2.05, 4.69) is 34.4 Å². The van der Waals surface area contributed by atoms with Crippen LogP contribution in [0.2, 0.25) is 0 Å². The molecule has 2 aromatic carbocycles. The molecule has 0 saturated carbocycles. The Balaban J connectivity index is 1.27. The van der Waals surface area contributed by atoms with Gasteiger partial charge in [0.05, 0.1) is 24.4 Å². The Bertz CT molecular complexity index is 1070. The minimum atomic E-state index is -0.302. The highest BCUT2D eigenvalue weighted by Gasteiger charge is 2.22. The van der Waals surface area contributed by atoms with Gasteiger partial charge in [0.15, 0.2) is 5.13 Å². The molecule has 1 aliphatic heterocycles. The molecule has 2 atom stereocenters. The highest BCUT2D eigenvalue weighted by atomic mass is 32.1. The second-order valence-electron chi connectivity index (χ2n) is 7.89. The Morgan fingerprint density at radius 3 is 2.65 bits per heavy atom. The first kappa shape index (κ1) is 21.4. The molecule has 7 nitrogen and oxygen atoms in total. The first-order valence-electron chi connectivity index (χ1n) is 10.4. The molecule has 1 aliphatic rings. The van der Waals surface area contributed by atoms with E-state index in [-0.39, 0.29) is 30.6 Å². The van der Waals surface area contributed by atoms with Crippen molar-refractivity contribution in [1.29, 1.82) is 0 Å². The van der Waals surface area contributed by atoms with Crippen LogP contribution in [0.15, 0.2) is 47.8 Å². The summed E-state index contributed by atoms with van der Waals surface area (Å²) < 4.78 is 5.76. The van der Waals surface area contributed by atoms with Crippen LogP contribution in [0, 0.1) is 0 Å². The molecular weight excluding hydrogens is 412 g/mol. The minimum Gasteiger partial charge on any atom is -0.373 e. The van der Waals surface area contributed by atoms with Gasteiger partial charge in [0.2, 0.25) is 5.91 Å². The van der Waals surface area contributed by atoms with Crippen LogP contribution in [-0.4, -0.2) is 53.5 Å². The van der Waals surface area contributed by atoms with Crippen molar-refractivity contribution in [2.45, 2.75) is 32.6 Å². The molecule has 0 radical (unpaired) electrons. The number of ether oxygens (including phenoxy) is 1. The number of nitrogens with one attached hydrogen (secondary N) is 2. The quantitative estimate of drug-likeness (QED) is 0.617. The third kappa shape index (κ3) is 5.66. The Morgan fingerprint density at radius 1 is 1.13 bits per heavy atom. The maximum absolute atomic E-state index is 12.4. The summed E-state index contributed by atoms with van der Waals surface area (Å²) in [7, 11) is 0. The number of hydrogen-bond acceptors (Lipinski definition) is 6.